The second-order valence-electron chi connectivity index (χ2n) is 6.17. The minimum atomic E-state index is -2.89. The van der Waals surface area contributed by atoms with Crippen LogP contribution >= 0.6 is 0 Å². The molecule has 140 valence electrons. The highest BCUT2D eigenvalue weighted by Crippen LogP contribution is 2.40. The number of methoxy groups -OCH3 is 1. The number of nitrogens with one attached hydrogen (secondary N) is 1. The topological polar surface area (TPSA) is 61.2 Å². The number of alkyl halides is 2. The van der Waals surface area contributed by atoms with Crippen molar-refractivity contribution in [3.05, 3.63) is 66.0 Å². The highest BCUT2D eigenvalue weighted by atomic mass is 19.3. The molecule has 0 radical (unpaired) electrons. The van der Waals surface area contributed by atoms with Crippen molar-refractivity contribution in [3.8, 4) is 11.5 Å². The van der Waals surface area contributed by atoms with Crippen LogP contribution in [-0.2, 0) is 0 Å². The van der Waals surface area contributed by atoms with Gasteiger partial charge in [0.1, 0.15) is 17.8 Å². The summed E-state index contributed by atoms with van der Waals surface area (Å²) in [6.45, 7) is -2.89. The highest BCUT2D eigenvalue weighted by Gasteiger charge is 2.32. The van der Waals surface area contributed by atoms with E-state index in [9.17, 15) is 8.78 Å². The number of fused-ring (bicyclic) bond motifs is 1. The predicted octanol–water partition coefficient (Wildman–Crippen LogP) is 4.03. The molecule has 4 rings (SSSR count). The SMILES string of the molecule is COc1ccc([C@H]2C[C@H](c3ccccc3OC(F)F)n3ncnc3N2)cc1. The summed E-state index contributed by atoms with van der Waals surface area (Å²) in [5, 5.41) is 7.62. The van der Waals surface area contributed by atoms with Crippen molar-refractivity contribution in [2.75, 3.05) is 12.4 Å². The van der Waals surface area contributed by atoms with Crippen LogP contribution in [0.4, 0.5) is 14.7 Å². The molecule has 6 nitrogen and oxygen atoms in total. The van der Waals surface area contributed by atoms with Gasteiger partial charge in [0.05, 0.1) is 19.2 Å². The molecule has 0 aliphatic carbocycles. The molecular formula is C19H18F2N4O2. The first-order chi connectivity index (χ1) is 13.2. The number of aromatic nitrogens is 3. The fraction of sp³-hybridized carbons (Fsp3) is 0.263. The summed E-state index contributed by atoms with van der Waals surface area (Å²) in [4.78, 5) is 4.26. The second kappa shape index (κ2) is 7.22. The van der Waals surface area contributed by atoms with Gasteiger partial charge in [0.2, 0.25) is 5.95 Å². The molecule has 3 aromatic rings. The molecule has 0 unspecified atom stereocenters. The zero-order valence-corrected chi connectivity index (χ0v) is 14.5. The smallest absolute Gasteiger partial charge is 0.387 e. The van der Waals surface area contributed by atoms with Crippen LogP contribution in [0.5, 0.6) is 11.5 Å². The van der Waals surface area contributed by atoms with Gasteiger partial charge in [-0.2, -0.15) is 18.9 Å². The third-order valence-electron chi connectivity index (χ3n) is 4.64. The van der Waals surface area contributed by atoms with E-state index in [2.05, 4.69) is 15.4 Å². The number of ether oxygens (including phenoxy) is 2. The van der Waals surface area contributed by atoms with Gasteiger partial charge in [-0.05, 0) is 30.2 Å². The molecule has 27 heavy (non-hydrogen) atoms. The van der Waals surface area contributed by atoms with Crippen molar-refractivity contribution >= 4 is 5.95 Å². The Morgan fingerprint density at radius 2 is 1.93 bits per heavy atom. The lowest BCUT2D eigenvalue weighted by Gasteiger charge is -2.32. The van der Waals surface area contributed by atoms with Gasteiger partial charge < -0.3 is 14.8 Å². The lowest BCUT2D eigenvalue weighted by atomic mass is 9.93. The molecule has 2 heterocycles. The Morgan fingerprint density at radius 1 is 1.15 bits per heavy atom. The molecule has 0 amide bonds. The highest BCUT2D eigenvalue weighted by molar-refractivity contribution is 5.43. The molecule has 0 saturated heterocycles. The van der Waals surface area contributed by atoms with E-state index in [1.807, 2.05) is 24.3 Å². The average Bonchev–Trinajstić information content (AvgIpc) is 3.16. The fourth-order valence-corrected chi connectivity index (χ4v) is 3.39. The van der Waals surface area contributed by atoms with E-state index < -0.39 is 6.61 Å². The third kappa shape index (κ3) is 3.42. The van der Waals surface area contributed by atoms with Crippen LogP contribution in [0.15, 0.2) is 54.9 Å². The molecule has 0 fully saturated rings. The van der Waals surface area contributed by atoms with Crippen molar-refractivity contribution < 1.29 is 18.3 Å². The van der Waals surface area contributed by atoms with Crippen molar-refractivity contribution in [2.24, 2.45) is 0 Å². The Hall–Kier alpha value is -3.16. The number of hydrogen-bond acceptors (Lipinski definition) is 5. The molecule has 1 aliphatic rings. The minimum Gasteiger partial charge on any atom is -0.497 e. The summed E-state index contributed by atoms with van der Waals surface area (Å²) in [6, 6.07) is 14.2. The fourth-order valence-electron chi connectivity index (χ4n) is 3.39. The Bertz CT molecular complexity index is 914. The monoisotopic (exact) mass is 372 g/mol. The second-order valence-corrected chi connectivity index (χ2v) is 6.17. The van der Waals surface area contributed by atoms with Crippen LogP contribution in [0.3, 0.4) is 0 Å². The summed E-state index contributed by atoms with van der Waals surface area (Å²) in [6.07, 6.45) is 2.05. The van der Waals surface area contributed by atoms with E-state index in [4.69, 9.17) is 9.47 Å². The molecule has 0 bridgehead atoms. The van der Waals surface area contributed by atoms with E-state index >= 15 is 0 Å². The molecule has 2 atom stereocenters. The van der Waals surface area contributed by atoms with Crippen LogP contribution < -0.4 is 14.8 Å². The van der Waals surface area contributed by atoms with E-state index in [-0.39, 0.29) is 17.8 Å². The summed E-state index contributed by atoms with van der Waals surface area (Å²) in [5.74, 6) is 1.50. The Morgan fingerprint density at radius 3 is 2.67 bits per heavy atom. The van der Waals surface area contributed by atoms with Crippen molar-refractivity contribution in [1.29, 1.82) is 0 Å². The summed E-state index contributed by atoms with van der Waals surface area (Å²) >= 11 is 0. The van der Waals surface area contributed by atoms with E-state index in [1.54, 1.807) is 36.1 Å². The van der Waals surface area contributed by atoms with Gasteiger partial charge in [0.15, 0.2) is 0 Å². The quantitative estimate of drug-likeness (QED) is 0.733. The summed E-state index contributed by atoms with van der Waals surface area (Å²) in [7, 11) is 1.62. The molecule has 1 N–H and O–H groups in total. The number of rotatable bonds is 5. The van der Waals surface area contributed by atoms with E-state index in [0.29, 0.717) is 17.9 Å². The van der Waals surface area contributed by atoms with Gasteiger partial charge in [-0.3, -0.25) is 0 Å². The van der Waals surface area contributed by atoms with E-state index in [1.165, 1.54) is 6.33 Å². The number of halogens is 2. The van der Waals surface area contributed by atoms with Crippen LogP contribution in [0.25, 0.3) is 0 Å². The lowest BCUT2D eigenvalue weighted by molar-refractivity contribution is -0.0507. The number of benzene rings is 2. The van der Waals surface area contributed by atoms with Gasteiger partial charge in [0.25, 0.3) is 0 Å². The Kier molecular flexibility index (Phi) is 4.62. The number of anilines is 1. The average molecular weight is 372 g/mol. The maximum absolute atomic E-state index is 12.8. The van der Waals surface area contributed by atoms with Crippen LogP contribution in [0.1, 0.15) is 29.6 Å². The molecule has 1 aromatic heterocycles. The van der Waals surface area contributed by atoms with Gasteiger partial charge in [0, 0.05) is 5.56 Å². The van der Waals surface area contributed by atoms with Crippen LogP contribution in [-0.4, -0.2) is 28.5 Å². The first-order valence-electron chi connectivity index (χ1n) is 8.49. The Labute approximate surface area is 154 Å². The molecule has 8 heteroatoms. The number of hydrogen-bond donors (Lipinski definition) is 1. The van der Waals surface area contributed by atoms with Gasteiger partial charge in [-0.15, -0.1) is 0 Å². The summed E-state index contributed by atoms with van der Waals surface area (Å²) in [5.41, 5.74) is 1.69. The number of para-hydroxylation sites is 1. The van der Waals surface area contributed by atoms with Crippen LogP contribution in [0, 0.1) is 0 Å². The van der Waals surface area contributed by atoms with Crippen molar-refractivity contribution in [2.45, 2.75) is 25.1 Å². The first-order valence-corrected chi connectivity index (χ1v) is 8.49. The lowest BCUT2D eigenvalue weighted by Crippen LogP contribution is -2.28. The predicted molar refractivity (Wildman–Crippen MR) is 95.2 cm³/mol. The van der Waals surface area contributed by atoms with Gasteiger partial charge >= 0.3 is 6.61 Å². The minimum absolute atomic E-state index is 0.0581. The molecule has 2 aromatic carbocycles. The van der Waals surface area contributed by atoms with Gasteiger partial charge in [-0.25, -0.2) is 4.68 Å². The van der Waals surface area contributed by atoms with Crippen molar-refractivity contribution in [1.82, 2.24) is 14.8 Å². The van der Waals surface area contributed by atoms with Gasteiger partial charge in [-0.1, -0.05) is 30.3 Å². The molecule has 0 saturated carbocycles. The molecule has 0 spiro atoms. The molecule has 1 aliphatic heterocycles. The van der Waals surface area contributed by atoms with Crippen LogP contribution in [0.2, 0.25) is 0 Å². The first kappa shape index (κ1) is 17.3. The largest absolute Gasteiger partial charge is 0.497 e. The Balaban J connectivity index is 1.70. The number of nitrogens with zero attached hydrogens (tertiary/aromatic N) is 3. The van der Waals surface area contributed by atoms with Crippen molar-refractivity contribution in [3.63, 3.8) is 0 Å². The third-order valence-corrected chi connectivity index (χ3v) is 4.64. The zero-order valence-electron chi connectivity index (χ0n) is 14.5. The molecular weight excluding hydrogens is 354 g/mol. The van der Waals surface area contributed by atoms with E-state index in [0.717, 1.165) is 11.3 Å². The maximum Gasteiger partial charge on any atom is 0.387 e. The summed E-state index contributed by atoms with van der Waals surface area (Å²) < 4.78 is 37.3. The standard InChI is InChI=1S/C19H18F2N4O2/c1-26-13-8-6-12(7-9-13)15-10-16(25-19(24-15)22-11-23-25)14-4-2-3-5-17(14)27-18(20)21/h2-9,11,15-16,18H,10H2,1H3,(H,22,23,24)/t15-,16-/m1/s1. The normalized spacial score (nSPS) is 18.7. The maximum atomic E-state index is 12.8. The zero-order chi connectivity index (χ0) is 18.8.